The van der Waals surface area contributed by atoms with Gasteiger partial charge in [0.15, 0.2) is 11.6 Å². The molecular formula is C30H35N7O5S. The number of methoxy groups -OCH3 is 2. The summed E-state index contributed by atoms with van der Waals surface area (Å²) in [5.41, 5.74) is 7.96. The van der Waals surface area contributed by atoms with E-state index in [1.807, 2.05) is 11.0 Å². The summed E-state index contributed by atoms with van der Waals surface area (Å²) < 4.78 is 40.9. The van der Waals surface area contributed by atoms with Gasteiger partial charge in [-0.2, -0.15) is 0 Å². The molecule has 1 saturated heterocycles. The van der Waals surface area contributed by atoms with Gasteiger partial charge in [0.05, 0.1) is 30.1 Å². The van der Waals surface area contributed by atoms with Gasteiger partial charge in [-0.15, -0.1) is 0 Å². The largest absolute Gasteiger partial charge is 0.497 e. The average Bonchev–Trinajstić information content (AvgIpc) is 3.01. The maximum Gasteiger partial charge on any atom is 0.263 e. The molecule has 3 aromatic carbocycles. The van der Waals surface area contributed by atoms with Crippen LogP contribution >= 0.6 is 0 Å². The van der Waals surface area contributed by atoms with Crippen molar-refractivity contribution in [2.75, 3.05) is 57.0 Å². The van der Waals surface area contributed by atoms with Crippen LogP contribution in [0, 0.1) is 0 Å². The Morgan fingerprint density at radius 2 is 1.53 bits per heavy atom. The molecular weight excluding hydrogens is 570 g/mol. The molecule has 0 saturated carbocycles. The number of carbonyl (C=O) groups is 1. The lowest BCUT2D eigenvalue weighted by Crippen LogP contribution is -2.50. The molecule has 12 nitrogen and oxygen atoms in total. The number of nitrogens with one attached hydrogen (secondary N) is 2. The number of primary amides is 1. The summed E-state index contributed by atoms with van der Waals surface area (Å²) in [4.78, 5) is 26.1. The van der Waals surface area contributed by atoms with Crippen molar-refractivity contribution in [2.24, 2.45) is 5.73 Å². The minimum atomic E-state index is -4.17. The number of para-hydroxylation sites is 2. The fourth-order valence-electron chi connectivity index (χ4n) is 5.11. The number of fused-ring (bicyclic) bond motifs is 1. The predicted molar refractivity (Wildman–Crippen MR) is 165 cm³/mol. The Hall–Kier alpha value is -4.46. The van der Waals surface area contributed by atoms with E-state index in [0.717, 1.165) is 19.6 Å². The van der Waals surface area contributed by atoms with Crippen molar-refractivity contribution in [1.82, 2.24) is 19.8 Å². The van der Waals surface area contributed by atoms with Crippen molar-refractivity contribution in [3.8, 4) is 11.5 Å². The highest BCUT2D eigenvalue weighted by Crippen LogP contribution is 2.32. The number of nitrogens with zero attached hydrogens (tertiary/aromatic N) is 4. The third-order valence-electron chi connectivity index (χ3n) is 7.39. The molecule has 1 atom stereocenters. The second kappa shape index (κ2) is 12.8. The van der Waals surface area contributed by atoms with E-state index in [4.69, 9.17) is 15.2 Å². The molecule has 1 fully saturated rings. The summed E-state index contributed by atoms with van der Waals surface area (Å²) in [6.07, 6.45) is 0. The molecule has 2 heterocycles. The number of rotatable bonds is 11. The van der Waals surface area contributed by atoms with Crippen LogP contribution in [-0.4, -0.2) is 81.0 Å². The second-order valence-electron chi connectivity index (χ2n) is 10.1. The standard InChI is InChI=1S/C30H35N7O5S/c1-4-36-12-14-37(15-13-36)27(28(31)38)20-8-7-9-24(16-20)43(39,40)35-30-29(33-25-10-5-6-11-26(25)34-30)32-21-17-22(41-2)19-23(18-21)42-3/h5-11,16-19,27H,4,12-15H2,1-3H3,(H2,31,38)(H,32,33)(H,34,35). The Bertz CT molecular complexity index is 1700. The van der Waals surface area contributed by atoms with Gasteiger partial charge in [0.1, 0.15) is 17.5 Å². The minimum absolute atomic E-state index is 0.00646. The van der Waals surface area contributed by atoms with E-state index in [1.54, 1.807) is 48.5 Å². The molecule has 5 rings (SSSR count). The first kappa shape index (κ1) is 30.0. The second-order valence-corrected chi connectivity index (χ2v) is 11.8. The lowest BCUT2D eigenvalue weighted by molar-refractivity contribution is -0.124. The molecule has 0 aliphatic carbocycles. The predicted octanol–water partition coefficient (Wildman–Crippen LogP) is 3.36. The number of nitrogens with two attached hydrogens (primary N) is 1. The number of anilines is 3. The SMILES string of the molecule is CCN1CCN(C(C(N)=O)c2cccc(S(=O)(=O)Nc3nc4ccccc4nc3Nc3cc(OC)cc(OC)c3)c2)CC1. The number of piperazine rings is 1. The lowest BCUT2D eigenvalue weighted by Gasteiger charge is -2.37. The Morgan fingerprint density at radius 3 is 2.12 bits per heavy atom. The third-order valence-corrected chi connectivity index (χ3v) is 8.73. The number of ether oxygens (including phenoxy) is 2. The summed E-state index contributed by atoms with van der Waals surface area (Å²) in [7, 11) is -1.09. The van der Waals surface area contributed by atoms with E-state index in [2.05, 4.69) is 31.8 Å². The van der Waals surface area contributed by atoms with Crippen LogP contribution in [0.2, 0.25) is 0 Å². The van der Waals surface area contributed by atoms with Gasteiger partial charge >= 0.3 is 0 Å². The Labute approximate surface area is 250 Å². The topological polar surface area (TPSA) is 152 Å². The Balaban J connectivity index is 1.49. The van der Waals surface area contributed by atoms with Gasteiger partial charge in [0.2, 0.25) is 5.91 Å². The van der Waals surface area contributed by atoms with Crippen LogP contribution in [0.3, 0.4) is 0 Å². The van der Waals surface area contributed by atoms with E-state index >= 15 is 0 Å². The number of benzene rings is 3. The van der Waals surface area contributed by atoms with E-state index < -0.39 is 22.0 Å². The van der Waals surface area contributed by atoms with Crippen molar-refractivity contribution < 1.29 is 22.7 Å². The Kier molecular flexibility index (Phi) is 8.94. The number of hydrogen-bond acceptors (Lipinski definition) is 10. The molecule has 13 heteroatoms. The molecule has 1 unspecified atom stereocenters. The van der Waals surface area contributed by atoms with Crippen molar-refractivity contribution in [3.63, 3.8) is 0 Å². The van der Waals surface area contributed by atoms with Crippen LogP contribution in [0.4, 0.5) is 17.3 Å². The highest BCUT2D eigenvalue weighted by Gasteiger charge is 2.30. The number of likely N-dealkylation sites (N-methyl/N-ethyl adjacent to an activating group) is 1. The van der Waals surface area contributed by atoms with E-state index in [0.29, 0.717) is 46.9 Å². The normalized spacial score (nSPS) is 15.1. The van der Waals surface area contributed by atoms with E-state index in [1.165, 1.54) is 26.4 Å². The molecule has 4 N–H and O–H groups in total. The van der Waals surface area contributed by atoms with Crippen molar-refractivity contribution in [3.05, 3.63) is 72.3 Å². The van der Waals surface area contributed by atoms with Crippen LogP contribution in [0.1, 0.15) is 18.5 Å². The number of amides is 1. The summed E-state index contributed by atoms with van der Waals surface area (Å²) in [6, 6.07) is 17.8. The zero-order valence-electron chi connectivity index (χ0n) is 24.3. The number of aromatic nitrogens is 2. The molecule has 226 valence electrons. The van der Waals surface area contributed by atoms with E-state index in [-0.39, 0.29) is 16.5 Å². The van der Waals surface area contributed by atoms with E-state index in [9.17, 15) is 13.2 Å². The fraction of sp³-hybridized carbons (Fsp3) is 0.300. The van der Waals surface area contributed by atoms with Crippen LogP contribution in [0.5, 0.6) is 11.5 Å². The van der Waals surface area contributed by atoms with Gasteiger partial charge in [-0.25, -0.2) is 18.4 Å². The molecule has 1 aromatic heterocycles. The highest BCUT2D eigenvalue weighted by atomic mass is 32.2. The molecule has 1 aliphatic heterocycles. The van der Waals surface area contributed by atoms with Gasteiger partial charge in [0, 0.05) is 50.1 Å². The minimum Gasteiger partial charge on any atom is -0.497 e. The molecule has 0 bridgehead atoms. The van der Waals surface area contributed by atoms with Crippen LogP contribution in [-0.2, 0) is 14.8 Å². The quantitative estimate of drug-likeness (QED) is 0.232. The van der Waals surface area contributed by atoms with Gasteiger partial charge in [-0.05, 0) is 36.4 Å². The highest BCUT2D eigenvalue weighted by molar-refractivity contribution is 7.92. The summed E-state index contributed by atoms with van der Waals surface area (Å²) in [5.74, 6) is 0.711. The summed E-state index contributed by atoms with van der Waals surface area (Å²) in [6.45, 7) is 5.91. The number of carbonyl (C=O) groups excluding carboxylic acids is 1. The molecule has 0 radical (unpaired) electrons. The maximum atomic E-state index is 13.8. The third kappa shape index (κ3) is 6.79. The molecule has 1 aliphatic rings. The zero-order valence-corrected chi connectivity index (χ0v) is 25.1. The monoisotopic (exact) mass is 605 g/mol. The maximum absolute atomic E-state index is 13.8. The first-order valence-corrected chi connectivity index (χ1v) is 15.3. The Morgan fingerprint density at radius 1 is 0.907 bits per heavy atom. The smallest absolute Gasteiger partial charge is 0.263 e. The van der Waals surface area contributed by atoms with Crippen molar-refractivity contribution in [2.45, 2.75) is 17.9 Å². The molecule has 4 aromatic rings. The fourth-order valence-corrected chi connectivity index (χ4v) is 6.17. The molecule has 0 spiro atoms. The van der Waals surface area contributed by atoms with Crippen LogP contribution in [0.15, 0.2) is 71.6 Å². The molecule has 43 heavy (non-hydrogen) atoms. The van der Waals surface area contributed by atoms with Gasteiger partial charge in [-0.1, -0.05) is 31.2 Å². The summed E-state index contributed by atoms with van der Waals surface area (Å²) in [5, 5.41) is 3.15. The van der Waals surface area contributed by atoms with Crippen LogP contribution < -0.4 is 25.2 Å². The number of sulfonamides is 1. The van der Waals surface area contributed by atoms with Crippen molar-refractivity contribution >= 4 is 44.3 Å². The van der Waals surface area contributed by atoms with Crippen LogP contribution in [0.25, 0.3) is 11.0 Å². The molecule has 1 amide bonds. The lowest BCUT2D eigenvalue weighted by atomic mass is 10.0. The zero-order chi connectivity index (χ0) is 30.6. The van der Waals surface area contributed by atoms with Gasteiger partial charge < -0.3 is 25.4 Å². The average molecular weight is 606 g/mol. The summed E-state index contributed by atoms with van der Waals surface area (Å²) >= 11 is 0. The number of hydrogen-bond donors (Lipinski definition) is 3. The van der Waals surface area contributed by atoms with Gasteiger partial charge in [0.25, 0.3) is 10.0 Å². The first-order chi connectivity index (χ1) is 20.7. The van der Waals surface area contributed by atoms with Gasteiger partial charge in [-0.3, -0.25) is 14.4 Å². The van der Waals surface area contributed by atoms with Crippen molar-refractivity contribution in [1.29, 1.82) is 0 Å². The first-order valence-electron chi connectivity index (χ1n) is 13.9.